The lowest BCUT2D eigenvalue weighted by molar-refractivity contribution is -0.130. The lowest BCUT2D eigenvalue weighted by atomic mass is 10.1. The first-order valence-electron chi connectivity index (χ1n) is 10.5. The molecule has 2 aromatic carbocycles. The quantitative estimate of drug-likeness (QED) is 0.498. The van der Waals surface area contributed by atoms with E-state index in [1.165, 1.54) is 5.56 Å². The molecule has 4 aromatic rings. The maximum Gasteiger partial charge on any atom is 0.222 e. The predicted molar refractivity (Wildman–Crippen MR) is 116 cm³/mol. The molecule has 0 spiro atoms. The summed E-state index contributed by atoms with van der Waals surface area (Å²) in [5.74, 6) is 2.00. The van der Waals surface area contributed by atoms with Crippen LogP contribution in [-0.2, 0) is 24.1 Å². The van der Waals surface area contributed by atoms with E-state index in [2.05, 4.69) is 27.3 Å². The minimum atomic E-state index is -0.00229. The molecule has 0 saturated heterocycles. The first-order chi connectivity index (χ1) is 15.2. The fraction of sp³-hybridized carbons (Fsp3) is 0.292. The maximum absolute atomic E-state index is 12.6. The van der Waals surface area contributed by atoms with Crippen molar-refractivity contribution in [1.29, 1.82) is 0 Å². The van der Waals surface area contributed by atoms with Gasteiger partial charge in [0.25, 0.3) is 0 Å². The summed E-state index contributed by atoms with van der Waals surface area (Å²) >= 11 is 0. The molecule has 1 aliphatic heterocycles. The van der Waals surface area contributed by atoms with Crippen LogP contribution in [0.4, 0.5) is 0 Å². The number of aromatic amines is 1. The largest absolute Gasteiger partial charge is 0.488 e. The molecule has 0 saturated carbocycles. The van der Waals surface area contributed by atoms with E-state index in [1.54, 1.807) is 4.90 Å². The van der Waals surface area contributed by atoms with E-state index in [4.69, 9.17) is 9.15 Å². The number of aromatic nitrogens is 3. The minimum absolute atomic E-state index is 0.00229. The number of hydrogen-bond donors (Lipinski definition) is 1. The Morgan fingerprint density at radius 2 is 1.94 bits per heavy atom. The molecule has 7 heteroatoms. The Balaban J connectivity index is 1.13. The Bertz CT molecular complexity index is 1190. The van der Waals surface area contributed by atoms with Gasteiger partial charge in [-0.25, -0.2) is 0 Å². The van der Waals surface area contributed by atoms with Gasteiger partial charge in [-0.2, -0.15) is 0 Å². The SMILES string of the molecule is CN(CC1Cc2ccccc2O1)C(=O)CCc1nnc(Cc2c[nH]c3ccccc23)o1. The molecular formula is C24H24N4O3. The second-order valence-corrected chi connectivity index (χ2v) is 7.95. The summed E-state index contributed by atoms with van der Waals surface area (Å²) in [6.07, 6.45) is 4.11. The Hall–Kier alpha value is -3.61. The Morgan fingerprint density at radius 3 is 2.84 bits per heavy atom. The Labute approximate surface area is 180 Å². The molecule has 31 heavy (non-hydrogen) atoms. The van der Waals surface area contributed by atoms with Gasteiger partial charge in [-0.3, -0.25) is 4.79 Å². The number of ether oxygens (including phenoxy) is 1. The van der Waals surface area contributed by atoms with Crippen molar-refractivity contribution in [2.75, 3.05) is 13.6 Å². The highest BCUT2D eigenvalue weighted by atomic mass is 16.5. The fourth-order valence-electron chi connectivity index (χ4n) is 4.07. The first kappa shape index (κ1) is 19.4. The van der Waals surface area contributed by atoms with Gasteiger partial charge in [0.2, 0.25) is 17.7 Å². The molecule has 1 atom stereocenters. The van der Waals surface area contributed by atoms with Crippen LogP contribution in [0.2, 0.25) is 0 Å². The monoisotopic (exact) mass is 416 g/mol. The minimum Gasteiger partial charge on any atom is -0.488 e. The van der Waals surface area contributed by atoms with Crippen LogP contribution in [0.3, 0.4) is 0 Å². The number of hydrogen-bond acceptors (Lipinski definition) is 5. The number of aryl methyl sites for hydroxylation is 1. The van der Waals surface area contributed by atoms with E-state index >= 15 is 0 Å². The summed E-state index contributed by atoms with van der Waals surface area (Å²) in [6, 6.07) is 16.1. The maximum atomic E-state index is 12.6. The third-order valence-corrected chi connectivity index (χ3v) is 5.70. The summed E-state index contributed by atoms with van der Waals surface area (Å²) in [5.41, 5.74) is 3.39. The van der Waals surface area contributed by atoms with Gasteiger partial charge in [0.05, 0.1) is 13.0 Å². The molecular weight excluding hydrogens is 392 g/mol. The van der Waals surface area contributed by atoms with Crippen LogP contribution in [0.25, 0.3) is 10.9 Å². The summed E-state index contributed by atoms with van der Waals surface area (Å²) in [5, 5.41) is 9.42. The smallest absolute Gasteiger partial charge is 0.222 e. The van der Waals surface area contributed by atoms with E-state index in [-0.39, 0.29) is 12.0 Å². The lowest BCUT2D eigenvalue weighted by Crippen LogP contribution is -2.36. The van der Waals surface area contributed by atoms with E-state index in [0.717, 1.165) is 28.6 Å². The van der Waals surface area contributed by atoms with Crippen LogP contribution in [-0.4, -0.2) is 45.7 Å². The van der Waals surface area contributed by atoms with E-state index in [1.807, 2.05) is 49.6 Å². The normalized spacial score (nSPS) is 15.1. The number of nitrogens with zero attached hydrogens (tertiary/aromatic N) is 3. The fourth-order valence-corrected chi connectivity index (χ4v) is 4.07. The van der Waals surface area contributed by atoms with Gasteiger partial charge in [-0.1, -0.05) is 36.4 Å². The van der Waals surface area contributed by atoms with E-state index in [9.17, 15) is 4.79 Å². The molecule has 2 aromatic heterocycles. The predicted octanol–water partition coefficient (Wildman–Crippen LogP) is 3.54. The molecule has 1 amide bonds. The average Bonchev–Trinajstić information content (AvgIpc) is 3.50. The molecule has 5 rings (SSSR count). The standard InChI is InChI=1S/C24H24N4O3/c1-28(15-18-12-16-6-2-5-9-21(16)30-18)24(29)11-10-22-26-27-23(31-22)13-17-14-25-20-8-4-3-7-19(17)20/h2-9,14,18,25H,10-13,15H2,1H3. The zero-order valence-electron chi connectivity index (χ0n) is 17.4. The second-order valence-electron chi connectivity index (χ2n) is 7.95. The molecule has 7 nitrogen and oxygen atoms in total. The zero-order valence-corrected chi connectivity index (χ0v) is 17.4. The Morgan fingerprint density at radius 1 is 1.13 bits per heavy atom. The van der Waals surface area contributed by atoms with Crippen molar-refractivity contribution in [3.05, 3.63) is 77.6 Å². The van der Waals surface area contributed by atoms with Gasteiger partial charge in [-0.15, -0.1) is 10.2 Å². The van der Waals surface area contributed by atoms with Gasteiger partial charge in [0, 0.05) is 43.4 Å². The third kappa shape index (κ3) is 4.17. The topological polar surface area (TPSA) is 84.2 Å². The highest BCUT2D eigenvalue weighted by Crippen LogP contribution is 2.28. The zero-order chi connectivity index (χ0) is 21.2. The number of likely N-dealkylation sites (N-methyl/N-ethyl adjacent to an activating group) is 1. The van der Waals surface area contributed by atoms with Gasteiger partial charge in [-0.05, 0) is 23.3 Å². The number of para-hydroxylation sites is 2. The summed E-state index contributed by atoms with van der Waals surface area (Å²) in [7, 11) is 1.81. The molecule has 0 bridgehead atoms. The number of fused-ring (bicyclic) bond motifs is 2. The van der Waals surface area contributed by atoms with Crippen LogP contribution in [0.5, 0.6) is 5.75 Å². The molecule has 1 N–H and O–H groups in total. The number of carbonyl (C=O) groups excluding carboxylic acids is 1. The van der Waals surface area contributed by atoms with Crippen LogP contribution < -0.4 is 4.74 Å². The van der Waals surface area contributed by atoms with Crippen molar-refractivity contribution < 1.29 is 13.9 Å². The number of carbonyl (C=O) groups is 1. The molecule has 0 radical (unpaired) electrons. The van der Waals surface area contributed by atoms with Crippen LogP contribution in [0, 0.1) is 0 Å². The Kier molecular flexibility index (Phi) is 5.16. The van der Waals surface area contributed by atoms with E-state index < -0.39 is 0 Å². The highest BCUT2D eigenvalue weighted by molar-refractivity contribution is 5.83. The first-order valence-corrected chi connectivity index (χ1v) is 10.5. The van der Waals surface area contributed by atoms with Crippen molar-refractivity contribution in [3.8, 4) is 5.75 Å². The molecule has 0 fully saturated rings. The summed E-state index contributed by atoms with van der Waals surface area (Å²) < 4.78 is 11.7. The van der Waals surface area contributed by atoms with Crippen molar-refractivity contribution in [3.63, 3.8) is 0 Å². The van der Waals surface area contributed by atoms with Crippen molar-refractivity contribution in [2.45, 2.75) is 31.8 Å². The van der Waals surface area contributed by atoms with Gasteiger partial charge >= 0.3 is 0 Å². The number of nitrogens with one attached hydrogen (secondary N) is 1. The van der Waals surface area contributed by atoms with Crippen molar-refractivity contribution >= 4 is 16.8 Å². The van der Waals surface area contributed by atoms with Crippen molar-refractivity contribution in [1.82, 2.24) is 20.1 Å². The molecule has 1 aliphatic rings. The average molecular weight is 416 g/mol. The number of rotatable bonds is 7. The summed E-state index contributed by atoms with van der Waals surface area (Å²) in [4.78, 5) is 17.5. The van der Waals surface area contributed by atoms with Gasteiger partial charge < -0.3 is 19.0 Å². The van der Waals surface area contributed by atoms with Crippen LogP contribution in [0.15, 0.2) is 59.1 Å². The lowest BCUT2D eigenvalue weighted by Gasteiger charge is -2.20. The molecule has 158 valence electrons. The number of benzene rings is 2. The highest BCUT2D eigenvalue weighted by Gasteiger charge is 2.25. The number of amides is 1. The van der Waals surface area contributed by atoms with E-state index in [0.29, 0.717) is 37.6 Å². The van der Waals surface area contributed by atoms with Crippen LogP contribution in [0.1, 0.15) is 29.3 Å². The van der Waals surface area contributed by atoms with Crippen LogP contribution >= 0.6 is 0 Å². The molecule has 3 heterocycles. The van der Waals surface area contributed by atoms with Gasteiger partial charge in [0.1, 0.15) is 11.9 Å². The molecule has 1 unspecified atom stereocenters. The van der Waals surface area contributed by atoms with Gasteiger partial charge in [0.15, 0.2) is 0 Å². The second kappa shape index (κ2) is 8.26. The number of H-pyrrole nitrogens is 1. The molecule has 0 aliphatic carbocycles. The summed E-state index contributed by atoms with van der Waals surface area (Å²) in [6.45, 7) is 0.559. The van der Waals surface area contributed by atoms with Crippen molar-refractivity contribution in [2.24, 2.45) is 0 Å². The third-order valence-electron chi connectivity index (χ3n) is 5.70.